The number of ether oxygens (including phenoxy) is 1. The number of nitrogens with zero attached hydrogens (tertiary/aromatic N) is 5. The number of anilines is 1. The van der Waals surface area contributed by atoms with Crippen molar-refractivity contribution in [1.29, 1.82) is 0 Å². The minimum absolute atomic E-state index is 0.154. The molecule has 184 valence electrons. The highest BCUT2D eigenvalue weighted by atomic mass is 16.5. The molecular weight excluding hydrogens is 456 g/mol. The normalized spacial score (nSPS) is 10.6. The van der Waals surface area contributed by atoms with E-state index in [2.05, 4.69) is 20.7 Å². The first-order valence-electron chi connectivity index (χ1n) is 11.7. The quantitative estimate of drug-likeness (QED) is 0.370. The fraction of sp³-hybridized carbons (Fsp3) is 0.222. The zero-order valence-electron chi connectivity index (χ0n) is 20.3. The van der Waals surface area contributed by atoms with Gasteiger partial charge >= 0.3 is 0 Å². The average Bonchev–Trinajstić information content (AvgIpc) is 3.36. The third kappa shape index (κ3) is 6.53. The van der Waals surface area contributed by atoms with Crippen LogP contribution in [-0.4, -0.2) is 45.2 Å². The molecule has 0 saturated heterocycles. The molecule has 0 saturated carbocycles. The van der Waals surface area contributed by atoms with Crippen molar-refractivity contribution in [3.63, 3.8) is 0 Å². The SMILES string of the molecule is CCOc1ccc(N(CC(=O)NCc2ccccc2)C(=O)Cn2nnc(-c3ccc(C)cc3)n2)cc1. The molecule has 0 fully saturated rings. The van der Waals surface area contributed by atoms with Crippen LogP contribution in [0.5, 0.6) is 5.75 Å². The molecule has 2 amide bonds. The van der Waals surface area contributed by atoms with Gasteiger partial charge < -0.3 is 15.0 Å². The van der Waals surface area contributed by atoms with Crippen molar-refractivity contribution in [3.05, 3.63) is 90.0 Å². The number of hydrogen-bond donors (Lipinski definition) is 1. The van der Waals surface area contributed by atoms with Crippen molar-refractivity contribution in [2.75, 3.05) is 18.1 Å². The Kier molecular flexibility index (Phi) is 8.02. The Morgan fingerprint density at radius 1 is 0.972 bits per heavy atom. The Morgan fingerprint density at radius 2 is 1.69 bits per heavy atom. The van der Waals surface area contributed by atoms with E-state index in [-0.39, 0.29) is 24.9 Å². The van der Waals surface area contributed by atoms with Crippen molar-refractivity contribution in [1.82, 2.24) is 25.5 Å². The van der Waals surface area contributed by atoms with Gasteiger partial charge in [-0.15, -0.1) is 10.2 Å². The maximum absolute atomic E-state index is 13.3. The molecule has 1 heterocycles. The van der Waals surface area contributed by atoms with Crippen LogP contribution in [0.1, 0.15) is 18.1 Å². The maximum Gasteiger partial charge on any atom is 0.251 e. The molecule has 0 spiro atoms. The van der Waals surface area contributed by atoms with Crippen molar-refractivity contribution in [2.24, 2.45) is 0 Å². The number of benzene rings is 3. The molecule has 0 atom stereocenters. The Hall–Kier alpha value is -4.53. The fourth-order valence-electron chi connectivity index (χ4n) is 3.54. The van der Waals surface area contributed by atoms with E-state index in [1.165, 1.54) is 9.70 Å². The zero-order chi connectivity index (χ0) is 25.3. The number of amides is 2. The van der Waals surface area contributed by atoms with Gasteiger partial charge in [0.2, 0.25) is 11.7 Å². The summed E-state index contributed by atoms with van der Waals surface area (Å²) < 4.78 is 5.50. The molecule has 9 heteroatoms. The van der Waals surface area contributed by atoms with Gasteiger partial charge in [-0.3, -0.25) is 9.59 Å². The number of hydrogen-bond acceptors (Lipinski definition) is 6. The van der Waals surface area contributed by atoms with E-state index in [9.17, 15) is 9.59 Å². The number of carbonyl (C=O) groups excluding carboxylic acids is 2. The topological polar surface area (TPSA) is 102 Å². The van der Waals surface area contributed by atoms with Crippen molar-refractivity contribution in [2.45, 2.75) is 26.9 Å². The lowest BCUT2D eigenvalue weighted by Crippen LogP contribution is -2.42. The number of rotatable bonds is 10. The highest BCUT2D eigenvalue weighted by molar-refractivity contribution is 5.98. The van der Waals surface area contributed by atoms with Crippen LogP contribution in [-0.2, 0) is 22.7 Å². The summed E-state index contributed by atoms with van der Waals surface area (Å²) in [5.74, 6) is 0.480. The maximum atomic E-state index is 13.3. The average molecular weight is 485 g/mol. The summed E-state index contributed by atoms with van der Waals surface area (Å²) in [5.41, 5.74) is 3.47. The monoisotopic (exact) mass is 484 g/mol. The summed E-state index contributed by atoms with van der Waals surface area (Å²) in [7, 11) is 0. The van der Waals surface area contributed by atoms with Crippen LogP contribution in [0, 0.1) is 6.92 Å². The molecule has 0 aliphatic heterocycles. The lowest BCUT2D eigenvalue weighted by atomic mass is 10.1. The largest absolute Gasteiger partial charge is 0.494 e. The van der Waals surface area contributed by atoms with Crippen LogP contribution in [0.25, 0.3) is 11.4 Å². The Balaban J connectivity index is 1.48. The highest BCUT2D eigenvalue weighted by Crippen LogP contribution is 2.20. The molecule has 0 radical (unpaired) electrons. The van der Waals surface area contributed by atoms with E-state index in [1.54, 1.807) is 24.3 Å². The van der Waals surface area contributed by atoms with Gasteiger partial charge in [0.1, 0.15) is 18.8 Å². The van der Waals surface area contributed by atoms with E-state index < -0.39 is 0 Å². The Bertz CT molecular complexity index is 1290. The van der Waals surface area contributed by atoms with Gasteiger partial charge in [-0.1, -0.05) is 60.2 Å². The van der Waals surface area contributed by atoms with Gasteiger partial charge in [-0.25, -0.2) is 0 Å². The van der Waals surface area contributed by atoms with Crippen LogP contribution >= 0.6 is 0 Å². The third-order valence-corrected chi connectivity index (χ3v) is 5.43. The molecular formula is C27H28N6O3. The fourth-order valence-corrected chi connectivity index (χ4v) is 3.54. The number of carbonyl (C=O) groups is 2. The van der Waals surface area contributed by atoms with Gasteiger partial charge in [0.15, 0.2) is 0 Å². The van der Waals surface area contributed by atoms with Gasteiger partial charge in [0, 0.05) is 17.8 Å². The predicted molar refractivity (Wildman–Crippen MR) is 136 cm³/mol. The van der Waals surface area contributed by atoms with E-state index in [0.717, 1.165) is 16.7 Å². The third-order valence-electron chi connectivity index (χ3n) is 5.43. The summed E-state index contributed by atoms with van der Waals surface area (Å²) in [6.07, 6.45) is 0. The van der Waals surface area contributed by atoms with E-state index in [0.29, 0.717) is 30.4 Å². The second kappa shape index (κ2) is 11.7. The second-order valence-corrected chi connectivity index (χ2v) is 8.18. The standard InChI is InChI=1S/C27H28N6O3/c1-3-36-24-15-13-23(14-16-24)32(18-25(34)28-17-21-7-5-4-6-8-21)26(35)19-33-30-27(29-31-33)22-11-9-20(2)10-12-22/h4-16H,3,17-19H2,1-2H3,(H,28,34). The summed E-state index contributed by atoms with van der Waals surface area (Å²) in [6.45, 7) is 4.48. The lowest BCUT2D eigenvalue weighted by molar-refractivity contribution is -0.124. The molecule has 4 rings (SSSR count). The molecule has 0 aliphatic rings. The molecule has 3 aromatic carbocycles. The number of nitrogens with one attached hydrogen (secondary N) is 1. The van der Waals surface area contributed by atoms with Crippen molar-refractivity contribution >= 4 is 17.5 Å². The molecule has 36 heavy (non-hydrogen) atoms. The Labute approximate surface area is 209 Å². The summed E-state index contributed by atoms with van der Waals surface area (Å²) in [4.78, 5) is 28.7. The van der Waals surface area contributed by atoms with Crippen LogP contribution in [0.2, 0.25) is 0 Å². The smallest absolute Gasteiger partial charge is 0.251 e. The minimum atomic E-state index is -0.345. The van der Waals surface area contributed by atoms with Crippen molar-refractivity contribution in [3.8, 4) is 17.1 Å². The first-order chi connectivity index (χ1) is 17.5. The van der Waals surface area contributed by atoms with E-state index >= 15 is 0 Å². The highest BCUT2D eigenvalue weighted by Gasteiger charge is 2.21. The molecule has 1 N–H and O–H groups in total. The van der Waals surface area contributed by atoms with Crippen molar-refractivity contribution < 1.29 is 14.3 Å². The second-order valence-electron chi connectivity index (χ2n) is 8.18. The van der Waals surface area contributed by atoms with Crippen LogP contribution in [0.15, 0.2) is 78.9 Å². The Morgan fingerprint density at radius 3 is 2.39 bits per heavy atom. The van der Waals surface area contributed by atoms with Crippen LogP contribution in [0.3, 0.4) is 0 Å². The zero-order valence-corrected chi connectivity index (χ0v) is 20.3. The first-order valence-corrected chi connectivity index (χ1v) is 11.7. The summed E-state index contributed by atoms with van der Waals surface area (Å²) in [6, 6.07) is 24.4. The van der Waals surface area contributed by atoms with Gasteiger partial charge in [0.05, 0.1) is 6.61 Å². The van der Waals surface area contributed by atoms with E-state index in [4.69, 9.17) is 4.74 Å². The summed E-state index contributed by atoms with van der Waals surface area (Å²) in [5, 5.41) is 15.3. The molecule has 0 unspecified atom stereocenters. The molecule has 9 nitrogen and oxygen atoms in total. The van der Waals surface area contributed by atoms with Crippen LogP contribution in [0.4, 0.5) is 5.69 Å². The number of tetrazole rings is 1. The lowest BCUT2D eigenvalue weighted by Gasteiger charge is -2.22. The molecule has 0 aliphatic carbocycles. The predicted octanol–water partition coefficient (Wildman–Crippen LogP) is 3.40. The van der Waals surface area contributed by atoms with Gasteiger partial charge in [-0.2, -0.15) is 4.80 Å². The first kappa shape index (κ1) is 24.6. The number of aromatic nitrogens is 4. The van der Waals surface area contributed by atoms with E-state index in [1.807, 2.05) is 68.4 Å². The molecule has 0 bridgehead atoms. The molecule has 1 aromatic heterocycles. The van der Waals surface area contributed by atoms with Gasteiger partial charge in [0.25, 0.3) is 5.91 Å². The van der Waals surface area contributed by atoms with Gasteiger partial charge in [-0.05, 0) is 48.9 Å². The summed E-state index contributed by atoms with van der Waals surface area (Å²) >= 11 is 0. The molecule has 4 aromatic rings. The minimum Gasteiger partial charge on any atom is -0.494 e. The van der Waals surface area contributed by atoms with Crippen LogP contribution < -0.4 is 15.0 Å². The number of aryl methyl sites for hydroxylation is 1.